The van der Waals surface area contributed by atoms with E-state index in [4.69, 9.17) is 0 Å². The number of anilines is 1. The summed E-state index contributed by atoms with van der Waals surface area (Å²) in [6.07, 6.45) is 2.07. The standard InChI is InChI=1S/C19H25N3O3S2/c1-12(2)16-21-22-18(26-16)20-17(23)19(9-5-6-10-19)27(24,25)15-11-13(3)7-8-14(15)4/h7-8,11-12H,5-6,9-10H2,1-4H3,(H,20,22,23). The first kappa shape index (κ1) is 19.9. The third-order valence-electron chi connectivity index (χ3n) is 5.13. The van der Waals surface area contributed by atoms with Gasteiger partial charge in [0, 0.05) is 5.92 Å². The summed E-state index contributed by atoms with van der Waals surface area (Å²) in [5, 5.41) is 12.0. The van der Waals surface area contributed by atoms with Crippen molar-refractivity contribution >= 4 is 32.2 Å². The Bertz CT molecular complexity index is 958. The Balaban J connectivity index is 1.99. The average molecular weight is 408 g/mol. The minimum absolute atomic E-state index is 0.201. The molecule has 1 fully saturated rings. The Morgan fingerprint density at radius 3 is 2.44 bits per heavy atom. The van der Waals surface area contributed by atoms with Gasteiger partial charge in [0.25, 0.3) is 0 Å². The van der Waals surface area contributed by atoms with Gasteiger partial charge in [0.15, 0.2) is 14.6 Å². The van der Waals surface area contributed by atoms with Crippen LogP contribution in [0.1, 0.15) is 61.6 Å². The molecule has 1 aliphatic rings. The number of carbonyl (C=O) groups excluding carboxylic acids is 1. The topological polar surface area (TPSA) is 89.0 Å². The second-order valence-corrected chi connectivity index (χ2v) is 10.8. The van der Waals surface area contributed by atoms with Crippen molar-refractivity contribution in [3.05, 3.63) is 34.3 Å². The molecule has 6 nitrogen and oxygen atoms in total. The highest BCUT2D eigenvalue weighted by molar-refractivity contribution is 7.93. The van der Waals surface area contributed by atoms with Gasteiger partial charge >= 0.3 is 0 Å². The molecule has 1 aromatic heterocycles. The molecule has 1 aliphatic carbocycles. The lowest BCUT2D eigenvalue weighted by molar-refractivity contribution is -0.118. The van der Waals surface area contributed by atoms with Crippen molar-refractivity contribution in [3.8, 4) is 0 Å². The van der Waals surface area contributed by atoms with E-state index >= 15 is 0 Å². The molecule has 8 heteroatoms. The summed E-state index contributed by atoms with van der Waals surface area (Å²) < 4.78 is 25.7. The Morgan fingerprint density at radius 1 is 1.19 bits per heavy atom. The van der Waals surface area contributed by atoms with Gasteiger partial charge in [-0.05, 0) is 43.9 Å². The molecule has 0 spiro atoms. The zero-order valence-electron chi connectivity index (χ0n) is 16.1. The molecule has 0 radical (unpaired) electrons. The average Bonchev–Trinajstić information content (AvgIpc) is 3.27. The summed E-state index contributed by atoms with van der Waals surface area (Å²) in [6, 6.07) is 5.34. The number of hydrogen-bond donors (Lipinski definition) is 1. The lowest BCUT2D eigenvalue weighted by Gasteiger charge is -2.28. The maximum absolute atomic E-state index is 13.6. The molecule has 0 aliphatic heterocycles. The van der Waals surface area contributed by atoms with E-state index in [1.807, 2.05) is 26.8 Å². The van der Waals surface area contributed by atoms with Crippen LogP contribution in [0.3, 0.4) is 0 Å². The fourth-order valence-corrected chi connectivity index (χ4v) is 6.62. The number of aromatic nitrogens is 2. The van der Waals surface area contributed by atoms with E-state index in [-0.39, 0.29) is 10.8 Å². The van der Waals surface area contributed by atoms with Crippen LogP contribution in [0.4, 0.5) is 5.13 Å². The molecule has 0 unspecified atom stereocenters. The van der Waals surface area contributed by atoms with Gasteiger partial charge in [-0.25, -0.2) is 8.42 Å². The van der Waals surface area contributed by atoms with Gasteiger partial charge in [0.05, 0.1) is 4.90 Å². The summed E-state index contributed by atoms with van der Waals surface area (Å²) in [7, 11) is -3.84. The second kappa shape index (κ2) is 7.31. The predicted octanol–water partition coefficient (Wildman–Crippen LogP) is 4.00. The van der Waals surface area contributed by atoms with E-state index < -0.39 is 20.5 Å². The SMILES string of the molecule is Cc1ccc(C)c(S(=O)(=O)C2(C(=O)Nc3nnc(C(C)C)s3)CCCC2)c1. The van der Waals surface area contributed by atoms with E-state index in [9.17, 15) is 13.2 Å². The molecular formula is C19H25N3O3S2. The lowest BCUT2D eigenvalue weighted by atomic mass is 10.1. The smallest absolute Gasteiger partial charge is 0.248 e. The predicted molar refractivity (Wildman–Crippen MR) is 107 cm³/mol. The van der Waals surface area contributed by atoms with E-state index in [0.717, 1.165) is 10.6 Å². The minimum Gasteiger partial charge on any atom is -0.299 e. The molecule has 1 amide bonds. The maximum Gasteiger partial charge on any atom is 0.248 e. The van der Waals surface area contributed by atoms with Crippen LogP contribution in [-0.4, -0.2) is 29.3 Å². The molecule has 1 N–H and O–H groups in total. The molecule has 0 saturated heterocycles. The number of rotatable bonds is 5. The van der Waals surface area contributed by atoms with Crippen molar-refractivity contribution in [2.45, 2.75) is 68.9 Å². The molecule has 1 saturated carbocycles. The van der Waals surface area contributed by atoms with Crippen LogP contribution in [0.2, 0.25) is 0 Å². The van der Waals surface area contributed by atoms with Crippen LogP contribution >= 0.6 is 11.3 Å². The van der Waals surface area contributed by atoms with Crippen LogP contribution < -0.4 is 5.32 Å². The van der Waals surface area contributed by atoms with Crippen molar-refractivity contribution in [1.29, 1.82) is 0 Å². The van der Waals surface area contributed by atoms with E-state index in [2.05, 4.69) is 15.5 Å². The van der Waals surface area contributed by atoms with Gasteiger partial charge in [-0.1, -0.05) is 50.2 Å². The Morgan fingerprint density at radius 2 is 1.85 bits per heavy atom. The first-order chi connectivity index (χ1) is 12.7. The number of amides is 1. The van der Waals surface area contributed by atoms with Crippen LogP contribution in [-0.2, 0) is 14.6 Å². The Kier molecular flexibility index (Phi) is 5.40. The van der Waals surface area contributed by atoms with Gasteiger partial charge in [0.1, 0.15) is 5.01 Å². The zero-order chi connectivity index (χ0) is 19.8. The third kappa shape index (κ3) is 3.52. The first-order valence-corrected chi connectivity index (χ1v) is 11.4. The third-order valence-corrected chi connectivity index (χ3v) is 8.91. The highest BCUT2D eigenvalue weighted by Crippen LogP contribution is 2.42. The molecule has 0 bridgehead atoms. The summed E-state index contributed by atoms with van der Waals surface area (Å²) >= 11 is 1.29. The van der Waals surface area contributed by atoms with Crippen molar-refractivity contribution in [2.24, 2.45) is 0 Å². The van der Waals surface area contributed by atoms with Gasteiger partial charge < -0.3 is 0 Å². The summed E-state index contributed by atoms with van der Waals surface area (Å²) in [6.45, 7) is 7.62. The van der Waals surface area contributed by atoms with Crippen molar-refractivity contribution < 1.29 is 13.2 Å². The summed E-state index contributed by atoms with van der Waals surface area (Å²) in [4.78, 5) is 13.4. The number of sulfone groups is 1. The van der Waals surface area contributed by atoms with Crippen LogP contribution in [0.25, 0.3) is 0 Å². The molecule has 27 heavy (non-hydrogen) atoms. The maximum atomic E-state index is 13.6. The summed E-state index contributed by atoms with van der Waals surface area (Å²) in [5.74, 6) is -0.292. The Hall–Kier alpha value is -1.80. The fourth-order valence-electron chi connectivity index (χ4n) is 3.50. The van der Waals surface area contributed by atoms with Gasteiger partial charge in [0.2, 0.25) is 11.0 Å². The molecular weight excluding hydrogens is 382 g/mol. The molecule has 1 heterocycles. The number of carbonyl (C=O) groups is 1. The molecule has 2 aromatic rings. The quantitative estimate of drug-likeness (QED) is 0.809. The molecule has 3 rings (SSSR count). The monoisotopic (exact) mass is 407 g/mol. The fraction of sp³-hybridized carbons (Fsp3) is 0.526. The number of hydrogen-bond acceptors (Lipinski definition) is 6. The number of nitrogens with zero attached hydrogens (tertiary/aromatic N) is 2. The number of aryl methyl sites for hydroxylation is 2. The van der Waals surface area contributed by atoms with Gasteiger partial charge in [-0.2, -0.15) is 0 Å². The van der Waals surface area contributed by atoms with Gasteiger partial charge in [-0.3, -0.25) is 10.1 Å². The lowest BCUT2D eigenvalue weighted by Crippen LogP contribution is -2.47. The number of benzene rings is 1. The molecule has 0 atom stereocenters. The normalized spacial score (nSPS) is 16.6. The second-order valence-electron chi connectivity index (χ2n) is 7.53. The minimum atomic E-state index is -3.84. The van der Waals surface area contributed by atoms with Crippen molar-refractivity contribution in [1.82, 2.24) is 10.2 Å². The molecule has 146 valence electrons. The van der Waals surface area contributed by atoms with E-state index in [0.29, 0.717) is 36.4 Å². The van der Waals surface area contributed by atoms with E-state index in [1.54, 1.807) is 19.1 Å². The summed E-state index contributed by atoms with van der Waals surface area (Å²) in [5.41, 5.74) is 1.52. The first-order valence-electron chi connectivity index (χ1n) is 9.14. The largest absolute Gasteiger partial charge is 0.299 e. The van der Waals surface area contributed by atoms with Gasteiger partial charge in [-0.15, -0.1) is 10.2 Å². The van der Waals surface area contributed by atoms with Crippen LogP contribution in [0.15, 0.2) is 23.1 Å². The molecule has 1 aromatic carbocycles. The highest BCUT2D eigenvalue weighted by atomic mass is 32.2. The van der Waals surface area contributed by atoms with Crippen LogP contribution in [0.5, 0.6) is 0 Å². The van der Waals surface area contributed by atoms with Crippen LogP contribution in [0, 0.1) is 13.8 Å². The highest BCUT2D eigenvalue weighted by Gasteiger charge is 2.53. The number of nitrogens with one attached hydrogen (secondary N) is 1. The Labute approximate surface area is 164 Å². The van der Waals surface area contributed by atoms with Crippen molar-refractivity contribution in [2.75, 3.05) is 5.32 Å². The van der Waals surface area contributed by atoms with E-state index in [1.165, 1.54) is 11.3 Å². The zero-order valence-corrected chi connectivity index (χ0v) is 17.7. The van der Waals surface area contributed by atoms with Crippen molar-refractivity contribution in [3.63, 3.8) is 0 Å².